The van der Waals surface area contributed by atoms with Crippen LogP contribution in [-0.2, 0) is 4.79 Å². The molecule has 0 spiro atoms. The number of hydrogen-bond donors (Lipinski definition) is 1. The number of nitrogens with one attached hydrogen (secondary N) is 1. The molecule has 1 aliphatic heterocycles. The number of likely N-dealkylation sites (N-methyl/N-ethyl adjacent to an activating group) is 1. The summed E-state index contributed by atoms with van der Waals surface area (Å²) in [6.07, 6.45) is 0. The van der Waals surface area contributed by atoms with Crippen molar-refractivity contribution in [1.29, 1.82) is 0 Å². The molecule has 0 aromatic heterocycles. The number of rotatable bonds is 6. The van der Waals surface area contributed by atoms with E-state index in [9.17, 15) is 9.59 Å². The Bertz CT molecular complexity index is 913. The monoisotopic (exact) mass is 451 g/mol. The van der Waals surface area contributed by atoms with Crippen LogP contribution in [0.15, 0.2) is 36.4 Å². The van der Waals surface area contributed by atoms with E-state index in [2.05, 4.69) is 10.2 Å². The van der Waals surface area contributed by atoms with Crippen LogP contribution in [0.25, 0.3) is 0 Å². The molecule has 0 saturated carbocycles. The van der Waals surface area contributed by atoms with Crippen molar-refractivity contribution in [3.05, 3.63) is 52.0 Å². The number of ether oxygens (including phenoxy) is 2. The van der Waals surface area contributed by atoms with E-state index in [4.69, 9.17) is 32.7 Å². The largest absolute Gasteiger partial charge is 0.496 e. The summed E-state index contributed by atoms with van der Waals surface area (Å²) in [4.78, 5) is 29.1. The number of anilines is 1. The number of carbonyl (C=O) groups is 2. The van der Waals surface area contributed by atoms with Gasteiger partial charge in [0.15, 0.2) is 6.61 Å². The first-order valence-electron chi connectivity index (χ1n) is 9.41. The van der Waals surface area contributed by atoms with Crippen LogP contribution in [0.4, 0.5) is 5.69 Å². The lowest BCUT2D eigenvalue weighted by Gasteiger charge is -2.32. The molecule has 7 nitrogen and oxygen atoms in total. The summed E-state index contributed by atoms with van der Waals surface area (Å²) >= 11 is 12.2. The standard InChI is InChI=1S/C21H23Cl2N3O4/c1-25-7-9-26(10-8-25)21(28)16-11-17(23)18(12-19(16)29-2)24-20(27)13-30-15-5-3-14(22)4-6-15/h3-6,11-12H,7-10,13H2,1-2H3,(H,24,27). The summed E-state index contributed by atoms with van der Waals surface area (Å²) < 4.78 is 10.8. The molecule has 3 rings (SSSR count). The first kappa shape index (κ1) is 22.2. The smallest absolute Gasteiger partial charge is 0.262 e. The molecule has 0 radical (unpaired) electrons. The number of piperazine rings is 1. The van der Waals surface area contributed by atoms with Crippen molar-refractivity contribution in [2.75, 3.05) is 52.3 Å². The second-order valence-corrected chi connectivity index (χ2v) is 7.76. The van der Waals surface area contributed by atoms with E-state index in [0.717, 1.165) is 13.1 Å². The van der Waals surface area contributed by atoms with Gasteiger partial charge in [0.1, 0.15) is 11.5 Å². The van der Waals surface area contributed by atoms with Crippen molar-refractivity contribution in [1.82, 2.24) is 9.80 Å². The second kappa shape index (κ2) is 10.0. The molecule has 2 amide bonds. The average molecular weight is 452 g/mol. The van der Waals surface area contributed by atoms with Crippen LogP contribution in [-0.4, -0.2) is 68.6 Å². The van der Waals surface area contributed by atoms with Gasteiger partial charge in [-0.25, -0.2) is 0 Å². The third-order valence-electron chi connectivity index (χ3n) is 4.77. The van der Waals surface area contributed by atoms with Gasteiger partial charge in [-0.05, 0) is 37.4 Å². The third kappa shape index (κ3) is 5.56. The molecule has 1 N–H and O–H groups in total. The molecule has 0 atom stereocenters. The van der Waals surface area contributed by atoms with E-state index in [1.807, 2.05) is 7.05 Å². The van der Waals surface area contributed by atoms with Gasteiger partial charge < -0.3 is 24.6 Å². The maximum atomic E-state index is 12.9. The minimum Gasteiger partial charge on any atom is -0.496 e. The molecule has 0 unspecified atom stereocenters. The van der Waals surface area contributed by atoms with Crippen molar-refractivity contribution in [3.63, 3.8) is 0 Å². The Morgan fingerprint density at radius 3 is 2.37 bits per heavy atom. The Balaban J connectivity index is 1.67. The van der Waals surface area contributed by atoms with Crippen molar-refractivity contribution >= 4 is 40.7 Å². The summed E-state index contributed by atoms with van der Waals surface area (Å²) in [5.74, 6) is 0.321. The predicted molar refractivity (Wildman–Crippen MR) is 117 cm³/mol. The average Bonchev–Trinajstić information content (AvgIpc) is 2.74. The number of hydrogen-bond acceptors (Lipinski definition) is 5. The van der Waals surface area contributed by atoms with Crippen LogP contribution in [0.2, 0.25) is 10.0 Å². The highest BCUT2D eigenvalue weighted by Crippen LogP contribution is 2.32. The third-order valence-corrected chi connectivity index (χ3v) is 5.33. The molecule has 1 fully saturated rings. The van der Waals surface area contributed by atoms with Gasteiger partial charge in [-0.2, -0.15) is 0 Å². The number of amides is 2. The summed E-state index contributed by atoms with van der Waals surface area (Å²) in [7, 11) is 3.49. The van der Waals surface area contributed by atoms with Crippen LogP contribution < -0.4 is 14.8 Å². The van der Waals surface area contributed by atoms with E-state index >= 15 is 0 Å². The summed E-state index contributed by atoms with van der Waals surface area (Å²) in [6, 6.07) is 9.76. The minimum atomic E-state index is -0.396. The Morgan fingerprint density at radius 1 is 1.07 bits per heavy atom. The molecule has 160 valence electrons. The van der Waals surface area contributed by atoms with Crippen LogP contribution >= 0.6 is 23.2 Å². The maximum absolute atomic E-state index is 12.9. The van der Waals surface area contributed by atoms with Gasteiger partial charge in [0.05, 0.1) is 23.4 Å². The predicted octanol–water partition coefficient (Wildman–Crippen LogP) is 3.41. The minimum absolute atomic E-state index is 0.147. The fourth-order valence-electron chi connectivity index (χ4n) is 3.03. The normalized spacial score (nSPS) is 14.3. The summed E-state index contributed by atoms with van der Waals surface area (Å²) in [5, 5.41) is 3.51. The van der Waals surface area contributed by atoms with Crippen LogP contribution in [0.1, 0.15) is 10.4 Å². The lowest BCUT2D eigenvalue weighted by Crippen LogP contribution is -2.47. The zero-order valence-corrected chi connectivity index (χ0v) is 18.3. The Labute approximate surface area is 185 Å². The topological polar surface area (TPSA) is 71.1 Å². The van der Waals surface area contributed by atoms with E-state index in [0.29, 0.717) is 40.9 Å². The first-order valence-corrected chi connectivity index (χ1v) is 10.2. The van der Waals surface area contributed by atoms with Gasteiger partial charge in [0, 0.05) is 37.3 Å². The Hall–Kier alpha value is -2.48. The highest BCUT2D eigenvalue weighted by molar-refractivity contribution is 6.34. The van der Waals surface area contributed by atoms with Crippen LogP contribution in [0.3, 0.4) is 0 Å². The second-order valence-electron chi connectivity index (χ2n) is 6.92. The summed E-state index contributed by atoms with van der Waals surface area (Å²) in [6.45, 7) is 2.68. The van der Waals surface area contributed by atoms with Crippen LogP contribution in [0, 0.1) is 0 Å². The quantitative estimate of drug-likeness (QED) is 0.728. The highest BCUT2D eigenvalue weighted by Gasteiger charge is 2.24. The molecule has 2 aromatic rings. The zero-order chi connectivity index (χ0) is 21.7. The van der Waals surface area contributed by atoms with Gasteiger partial charge in [-0.1, -0.05) is 23.2 Å². The number of nitrogens with zero attached hydrogens (tertiary/aromatic N) is 2. The van der Waals surface area contributed by atoms with Gasteiger partial charge in [0.25, 0.3) is 11.8 Å². The molecule has 1 aliphatic rings. The first-order chi connectivity index (χ1) is 14.4. The summed E-state index contributed by atoms with van der Waals surface area (Å²) in [5.41, 5.74) is 0.704. The lowest BCUT2D eigenvalue weighted by atomic mass is 10.1. The molecule has 0 aliphatic carbocycles. The van der Waals surface area contributed by atoms with Gasteiger partial charge in [-0.3, -0.25) is 9.59 Å². The number of halogens is 2. The van der Waals surface area contributed by atoms with E-state index in [1.165, 1.54) is 13.2 Å². The van der Waals surface area contributed by atoms with Crippen molar-refractivity contribution < 1.29 is 19.1 Å². The molecule has 1 heterocycles. The molecule has 0 bridgehead atoms. The molecule has 1 saturated heterocycles. The van der Waals surface area contributed by atoms with E-state index in [1.54, 1.807) is 35.2 Å². The zero-order valence-electron chi connectivity index (χ0n) is 16.8. The molecule has 2 aromatic carbocycles. The van der Waals surface area contributed by atoms with Gasteiger partial charge >= 0.3 is 0 Å². The fraction of sp³-hybridized carbons (Fsp3) is 0.333. The lowest BCUT2D eigenvalue weighted by molar-refractivity contribution is -0.118. The fourth-order valence-corrected chi connectivity index (χ4v) is 3.37. The molecule has 30 heavy (non-hydrogen) atoms. The Kier molecular flexibility index (Phi) is 7.42. The SMILES string of the molecule is COc1cc(NC(=O)COc2ccc(Cl)cc2)c(Cl)cc1C(=O)N1CCN(C)CC1. The van der Waals surface area contributed by atoms with E-state index in [-0.39, 0.29) is 17.5 Å². The van der Waals surface area contributed by atoms with Crippen molar-refractivity contribution in [3.8, 4) is 11.5 Å². The number of benzene rings is 2. The number of carbonyl (C=O) groups excluding carboxylic acids is 2. The van der Waals surface area contributed by atoms with E-state index < -0.39 is 5.91 Å². The van der Waals surface area contributed by atoms with Gasteiger partial charge in [0.2, 0.25) is 0 Å². The Morgan fingerprint density at radius 2 is 1.73 bits per heavy atom. The molecule has 9 heteroatoms. The van der Waals surface area contributed by atoms with Crippen molar-refractivity contribution in [2.45, 2.75) is 0 Å². The number of methoxy groups -OCH3 is 1. The van der Waals surface area contributed by atoms with Gasteiger partial charge in [-0.15, -0.1) is 0 Å². The maximum Gasteiger partial charge on any atom is 0.262 e. The highest BCUT2D eigenvalue weighted by atomic mass is 35.5. The molecular weight excluding hydrogens is 429 g/mol. The van der Waals surface area contributed by atoms with Crippen LogP contribution in [0.5, 0.6) is 11.5 Å². The molecular formula is C21H23Cl2N3O4. The van der Waals surface area contributed by atoms with Crippen molar-refractivity contribution in [2.24, 2.45) is 0 Å².